The molecule has 7 nitrogen and oxygen atoms in total. The Morgan fingerprint density at radius 3 is 2.46 bits per heavy atom. The minimum Gasteiger partial charge on any atom is -0.378 e. The number of hydrogen-bond donors (Lipinski definition) is 0. The predicted molar refractivity (Wildman–Crippen MR) is 106 cm³/mol. The van der Waals surface area contributed by atoms with E-state index in [1.807, 2.05) is 43.4 Å². The van der Waals surface area contributed by atoms with Crippen LogP contribution in [0.1, 0.15) is 18.9 Å². The molecular formula is C21H28N4O3. The van der Waals surface area contributed by atoms with Gasteiger partial charge in [0.1, 0.15) is 6.54 Å². The monoisotopic (exact) mass is 384 g/mol. The van der Waals surface area contributed by atoms with Gasteiger partial charge >= 0.3 is 0 Å². The number of nitriles is 1. The van der Waals surface area contributed by atoms with E-state index < -0.39 is 0 Å². The summed E-state index contributed by atoms with van der Waals surface area (Å²) in [6.45, 7) is 9.59. The number of carbonyl (C=O) groups excluding carboxylic acids is 2. The lowest BCUT2D eigenvalue weighted by Crippen LogP contribution is -2.45. The van der Waals surface area contributed by atoms with E-state index in [2.05, 4.69) is 11.5 Å². The Morgan fingerprint density at radius 1 is 1.18 bits per heavy atom. The highest BCUT2D eigenvalue weighted by molar-refractivity contribution is 5.87. The lowest BCUT2D eigenvalue weighted by Gasteiger charge is -2.33. The van der Waals surface area contributed by atoms with Gasteiger partial charge in [-0.1, -0.05) is 43.8 Å². The molecule has 0 unspecified atom stereocenters. The number of benzene rings is 1. The van der Waals surface area contributed by atoms with Crippen molar-refractivity contribution in [1.29, 1.82) is 5.26 Å². The molecule has 2 rings (SSSR count). The topological polar surface area (TPSA) is 76.9 Å². The molecule has 0 aromatic heterocycles. The smallest absolute Gasteiger partial charge is 0.243 e. The Kier molecular flexibility index (Phi) is 8.50. The Bertz CT molecular complexity index is 708. The van der Waals surface area contributed by atoms with Gasteiger partial charge in [-0.15, -0.1) is 0 Å². The number of hydrogen-bond acceptors (Lipinski definition) is 5. The fourth-order valence-corrected chi connectivity index (χ4v) is 3.04. The number of ether oxygens (including phenoxy) is 1. The van der Waals surface area contributed by atoms with Crippen molar-refractivity contribution in [3.8, 4) is 6.19 Å². The molecular weight excluding hydrogens is 356 g/mol. The fourth-order valence-electron chi connectivity index (χ4n) is 3.04. The standard InChI is InChI=1S/C21H28N4O3/c1-3-9-24(15-18(2)23-10-12-28-13-11-23)21(27)16-25(17-22)20(26)14-19-7-5-4-6-8-19/h4-8H,2-3,9-16H2,1H3. The van der Waals surface area contributed by atoms with Crippen LogP contribution in [-0.2, 0) is 20.7 Å². The Balaban J connectivity index is 1.95. The van der Waals surface area contributed by atoms with Gasteiger partial charge in [-0.3, -0.25) is 9.59 Å². The van der Waals surface area contributed by atoms with Crippen molar-refractivity contribution in [2.75, 3.05) is 45.9 Å². The first-order valence-corrected chi connectivity index (χ1v) is 9.57. The van der Waals surface area contributed by atoms with Gasteiger partial charge in [-0.05, 0) is 12.0 Å². The van der Waals surface area contributed by atoms with Gasteiger partial charge in [0.05, 0.1) is 26.2 Å². The van der Waals surface area contributed by atoms with E-state index in [1.165, 1.54) is 0 Å². The molecule has 1 fully saturated rings. The van der Waals surface area contributed by atoms with Crippen LogP contribution in [0.3, 0.4) is 0 Å². The van der Waals surface area contributed by atoms with Crippen LogP contribution >= 0.6 is 0 Å². The van der Waals surface area contributed by atoms with Gasteiger partial charge in [0.25, 0.3) is 0 Å². The normalized spacial score (nSPS) is 13.5. The summed E-state index contributed by atoms with van der Waals surface area (Å²) in [5.74, 6) is -0.635. The van der Waals surface area contributed by atoms with E-state index in [0.717, 1.165) is 35.7 Å². The van der Waals surface area contributed by atoms with Gasteiger partial charge in [0.2, 0.25) is 11.8 Å². The minimum absolute atomic E-state index is 0.0932. The molecule has 7 heteroatoms. The number of carbonyl (C=O) groups is 2. The molecule has 1 aromatic carbocycles. The Labute approximate surface area is 166 Å². The summed E-state index contributed by atoms with van der Waals surface area (Å²) in [6.07, 6.45) is 2.73. The van der Waals surface area contributed by atoms with Crippen LogP contribution in [0.5, 0.6) is 0 Å². The van der Waals surface area contributed by atoms with Crippen molar-refractivity contribution in [2.24, 2.45) is 0 Å². The number of nitrogens with zero attached hydrogens (tertiary/aromatic N) is 4. The van der Waals surface area contributed by atoms with E-state index in [-0.39, 0.29) is 24.8 Å². The number of morpholine rings is 1. The molecule has 1 aliphatic heterocycles. The number of amides is 2. The number of rotatable bonds is 9. The molecule has 1 heterocycles. The zero-order chi connectivity index (χ0) is 20.4. The highest BCUT2D eigenvalue weighted by Crippen LogP contribution is 2.10. The summed E-state index contributed by atoms with van der Waals surface area (Å²) in [5.41, 5.74) is 1.66. The van der Waals surface area contributed by atoms with E-state index in [0.29, 0.717) is 26.3 Å². The molecule has 0 N–H and O–H groups in total. The zero-order valence-electron chi connectivity index (χ0n) is 16.5. The summed E-state index contributed by atoms with van der Waals surface area (Å²) < 4.78 is 5.35. The first kappa shape index (κ1) is 21.5. The molecule has 1 aromatic rings. The second kappa shape index (κ2) is 11.1. The Hall–Kier alpha value is -2.85. The van der Waals surface area contributed by atoms with Crippen LogP contribution in [0.2, 0.25) is 0 Å². The van der Waals surface area contributed by atoms with E-state index in [9.17, 15) is 14.9 Å². The maximum Gasteiger partial charge on any atom is 0.243 e. The molecule has 150 valence electrons. The lowest BCUT2D eigenvalue weighted by molar-refractivity contribution is -0.137. The molecule has 0 atom stereocenters. The van der Waals surface area contributed by atoms with Gasteiger partial charge < -0.3 is 14.5 Å². The maximum absolute atomic E-state index is 12.8. The first-order valence-electron chi connectivity index (χ1n) is 9.57. The van der Waals surface area contributed by atoms with E-state index >= 15 is 0 Å². The van der Waals surface area contributed by atoms with Crippen molar-refractivity contribution < 1.29 is 14.3 Å². The van der Waals surface area contributed by atoms with Gasteiger partial charge in [-0.25, -0.2) is 4.90 Å². The highest BCUT2D eigenvalue weighted by atomic mass is 16.5. The van der Waals surface area contributed by atoms with Crippen LogP contribution in [0, 0.1) is 11.5 Å². The third-order valence-electron chi connectivity index (χ3n) is 4.59. The first-order chi connectivity index (χ1) is 13.5. The Morgan fingerprint density at radius 2 is 1.86 bits per heavy atom. The molecule has 1 saturated heterocycles. The summed E-state index contributed by atoms with van der Waals surface area (Å²) in [6, 6.07) is 9.19. The van der Waals surface area contributed by atoms with Crippen molar-refractivity contribution in [3.63, 3.8) is 0 Å². The van der Waals surface area contributed by atoms with Crippen molar-refractivity contribution >= 4 is 11.8 Å². The second-order valence-corrected chi connectivity index (χ2v) is 6.72. The van der Waals surface area contributed by atoms with Gasteiger partial charge in [0.15, 0.2) is 6.19 Å². The third-order valence-corrected chi connectivity index (χ3v) is 4.59. The quantitative estimate of drug-likeness (QED) is 0.478. The molecule has 0 bridgehead atoms. The SMILES string of the molecule is C=C(CN(CCC)C(=O)CN(C#N)C(=O)Cc1ccccc1)N1CCOCC1. The largest absolute Gasteiger partial charge is 0.378 e. The molecule has 28 heavy (non-hydrogen) atoms. The zero-order valence-corrected chi connectivity index (χ0v) is 16.5. The van der Waals surface area contributed by atoms with E-state index in [4.69, 9.17) is 4.74 Å². The molecule has 0 aliphatic carbocycles. The molecule has 0 spiro atoms. The summed E-state index contributed by atoms with van der Waals surface area (Å²) in [4.78, 5) is 29.9. The average molecular weight is 384 g/mol. The van der Waals surface area contributed by atoms with Crippen LogP contribution in [0.25, 0.3) is 0 Å². The van der Waals surface area contributed by atoms with E-state index in [1.54, 1.807) is 4.90 Å². The molecule has 0 saturated carbocycles. The highest BCUT2D eigenvalue weighted by Gasteiger charge is 2.23. The van der Waals surface area contributed by atoms with Gasteiger partial charge in [0, 0.05) is 25.3 Å². The lowest BCUT2D eigenvalue weighted by atomic mass is 10.1. The summed E-state index contributed by atoms with van der Waals surface area (Å²) in [5, 5.41) is 9.37. The van der Waals surface area contributed by atoms with Gasteiger partial charge in [-0.2, -0.15) is 5.26 Å². The maximum atomic E-state index is 12.8. The third kappa shape index (κ3) is 6.39. The van der Waals surface area contributed by atoms with Crippen molar-refractivity contribution in [2.45, 2.75) is 19.8 Å². The molecule has 1 aliphatic rings. The average Bonchev–Trinajstić information content (AvgIpc) is 2.72. The van der Waals surface area contributed by atoms with Crippen LogP contribution in [-0.4, -0.2) is 72.5 Å². The predicted octanol–water partition coefficient (Wildman–Crippen LogP) is 1.62. The van der Waals surface area contributed by atoms with Crippen LogP contribution < -0.4 is 0 Å². The summed E-state index contributed by atoms with van der Waals surface area (Å²) in [7, 11) is 0. The van der Waals surface area contributed by atoms with Crippen molar-refractivity contribution in [1.82, 2.24) is 14.7 Å². The van der Waals surface area contributed by atoms with Crippen LogP contribution in [0.15, 0.2) is 42.6 Å². The fraction of sp³-hybridized carbons (Fsp3) is 0.476. The minimum atomic E-state index is -0.384. The molecule has 0 radical (unpaired) electrons. The van der Waals surface area contributed by atoms with Crippen LogP contribution in [0.4, 0.5) is 0 Å². The molecule has 2 amide bonds. The van der Waals surface area contributed by atoms with Crippen molar-refractivity contribution in [3.05, 3.63) is 48.2 Å². The summed E-state index contributed by atoms with van der Waals surface area (Å²) >= 11 is 0. The second-order valence-electron chi connectivity index (χ2n) is 6.72.